The number of unbranched alkanes of at least 4 members (excludes halogenated alkanes) is 2. The molecule has 1 aromatic carbocycles. The number of ether oxygens (including phenoxy) is 2. The molecule has 0 aliphatic heterocycles. The highest BCUT2D eigenvalue weighted by atomic mass is 16.6. The topological polar surface area (TPSA) is 61.6 Å². The van der Waals surface area contributed by atoms with Crippen LogP contribution in [0.4, 0.5) is 5.69 Å². The predicted molar refractivity (Wildman–Crippen MR) is 73.9 cm³/mol. The summed E-state index contributed by atoms with van der Waals surface area (Å²) >= 11 is 0. The van der Waals surface area contributed by atoms with Crippen molar-refractivity contribution in [2.45, 2.75) is 39.5 Å². The van der Waals surface area contributed by atoms with Gasteiger partial charge in [-0.05, 0) is 18.9 Å². The van der Waals surface area contributed by atoms with Crippen LogP contribution >= 0.6 is 0 Å². The molecule has 0 saturated carbocycles. The van der Waals surface area contributed by atoms with Crippen LogP contribution in [0.25, 0.3) is 0 Å². The lowest BCUT2D eigenvalue weighted by atomic mass is 10.2. The van der Waals surface area contributed by atoms with Crippen LogP contribution in [-0.2, 0) is 0 Å². The first-order valence-corrected chi connectivity index (χ1v) is 6.73. The molecular formula is C14H21NO4. The summed E-state index contributed by atoms with van der Waals surface area (Å²) in [5.74, 6) is 0.901. The zero-order valence-electron chi connectivity index (χ0n) is 11.6. The van der Waals surface area contributed by atoms with Crippen molar-refractivity contribution in [3.05, 3.63) is 28.3 Å². The van der Waals surface area contributed by atoms with E-state index in [1.54, 1.807) is 12.1 Å². The van der Waals surface area contributed by atoms with E-state index < -0.39 is 4.92 Å². The van der Waals surface area contributed by atoms with Gasteiger partial charge in [-0.1, -0.05) is 26.7 Å². The molecule has 0 saturated heterocycles. The molecule has 1 rings (SSSR count). The van der Waals surface area contributed by atoms with Crippen LogP contribution in [0.15, 0.2) is 18.2 Å². The molecule has 0 amide bonds. The summed E-state index contributed by atoms with van der Waals surface area (Å²) in [4.78, 5) is 10.5. The lowest BCUT2D eigenvalue weighted by Crippen LogP contribution is -2.02. The van der Waals surface area contributed by atoms with Crippen LogP contribution in [-0.4, -0.2) is 18.1 Å². The number of nitrogens with zero attached hydrogens (tertiary/aromatic N) is 1. The number of benzene rings is 1. The van der Waals surface area contributed by atoms with Gasteiger partial charge in [0, 0.05) is 12.1 Å². The number of hydrogen-bond donors (Lipinski definition) is 0. The van der Waals surface area contributed by atoms with Crippen molar-refractivity contribution >= 4 is 5.69 Å². The molecule has 19 heavy (non-hydrogen) atoms. The summed E-state index contributed by atoms with van der Waals surface area (Å²) in [6.07, 6.45) is 3.87. The molecule has 0 fully saturated rings. The normalized spacial score (nSPS) is 10.2. The summed E-state index contributed by atoms with van der Waals surface area (Å²) in [5, 5.41) is 10.9. The lowest BCUT2D eigenvalue weighted by molar-refractivity contribution is -0.385. The van der Waals surface area contributed by atoms with Gasteiger partial charge in [0.15, 0.2) is 0 Å². The third-order valence-corrected chi connectivity index (χ3v) is 2.65. The molecule has 0 aliphatic carbocycles. The van der Waals surface area contributed by atoms with Gasteiger partial charge in [-0.25, -0.2) is 0 Å². The minimum Gasteiger partial charge on any atom is -0.493 e. The zero-order chi connectivity index (χ0) is 14.1. The number of hydrogen-bond acceptors (Lipinski definition) is 4. The summed E-state index contributed by atoms with van der Waals surface area (Å²) in [6.45, 7) is 5.22. The van der Waals surface area contributed by atoms with Crippen molar-refractivity contribution in [1.82, 2.24) is 0 Å². The van der Waals surface area contributed by atoms with Crippen molar-refractivity contribution in [2.75, 3.05) is 13.2 Å². The Morgan fingerprint density at radius 2 is 1.74 bits per heavy atom. The molecule has 5 nitrogen and oxygen atoms in total. The maximum Gasteiger partial charge on any atom is 0.311 e. The molecule has 0 spiro atoms. The minimum atomic E-state index is -0.433. The Kier molecular flexibility index (Phi) is 6.71. The van der Waals surface area contributed by atoms with Crippen LogP contribution in [0, 0.1) is 10.1 Å². The summed E-state index contributed by atoms with van der Waals surface area (Å²) in [5.41, 5.74) is -0.0149. The molecule has 5 heteroatoms. The molecular weight excluding hydrogens is 246 g/mol. The second-order valence-corrected chi connectivity index (χ2v) is 4.29. The SMILES string of the molecule is CCCCOc1ccc([N+](=O)[O-])c(OCCCC)c1. The average molecular weight is 267 g/mol. The minimum absolute atomic E-state index is 0.0149. The van der Waals surface area contributed by atoms with E-state index in [1.807, 2.05) is 6.92 Å². The molecule has 0 heterocycles. The molecule has 0 aromatic heterocycles. The molecule has 0 atom stereocenters. The highest BCUT2D eigenvalue weighted by Gasteiger charge is 2.16. The van der Waals surface area contributed by atoms with Crippen molar-refractivity contribution in [2.24, 2.45) is 0 Å². The average Bonchev–Trinajstić information content (AvgIpc) is 2.39. The van der Waals surface area contributed by atoms with E-state index >= 15 is 0 Å². The van der Waals surface area contributed by atoms with Crippen molar-refractivity contribution < 1.29 is 14.4 Å². The third-order valence-electron chi connectivity index (χ3n) is 2.65. The van der Waals surface area contributed by atoms with E-state index in [0.29, 0.717) is 19.0 Å². The van der Waals surface area contributed by atoms with Crippen LogP contribution < -0.4 is 9.47 Å². The predicted octanol–water partition coefficient (Wildman–Crippen LogP) is 3.95. The Bertz CT molecular complexity index is 406. The molecule has 0 aliphatic rings. The summed E-state index contributed by atoms with van der Waals surface area (Å²) in [7, 11) is 0. The van der Waals surface area contributed by atoms with E-state index in [-0.39, 0.29) is 11.4 Å². The highest BCUT2D eigenvalue weighted by Crippen LogP contribution is 2.31. The highest BCUT2D eigenvalue weighted by molar-refractivity contribution is 5.50. The van der Waals surface area contributed by atoms with E-state index in [2.05, 4.69) is 6.92 Å². The molecule has 106 valence electrons. The maximum atomic E-state index is 10.9. The Labute approximate surface area is 113 Å². The first-order chi connectivity index (χ1) is 9.19. The van der Waals surface area contributed by atoms with Gasteiger partial charge >= 0.3 is 5.69 Å². The number of nitro benzene ring substituents is 1. The van der Waals surface area contributed by atoms with Gasteiger partial charge in [-0.3, -0.25) is 10.1 Å². The maximum absolute atomic E-state index is 10.9. The summed E-state index contributed by atoms with van der Waals surface area (Å²) in [6, 6.07) is 4.65. The number of rotatable bonds is 9. The van der Waals surface area contributed by atoms with Gasteiger partial charge in [-0.2, -0.15) is 0 Å². The lowest BCUT2D eigenvalue weighted by Gasteiger charge is -2.09. The molecule has 0 bridgehead atoms. The van der Waals surface area contributed by atoms with Crippen LogP contribution in [0.1, 0.15) is 39.5 Å². The first-order valence-electron chi connectivity index (χ1n) is 6.73. The standard InChI is InChI=1S/C14H21NO4/c1-3-5-9-18-12-7-8-13(15(16)17)14(11-12)19-10-6-4-2/h7-8,11H,3-6,9-10H2,1-2H3. The Hall–Kier alpha value is -1.78. The van der Waals surface area contributed by atoms with E-state index in [9.17, 15) is 10.1 Å². The second-order valence-electron chi connectivity index (χ2n) is 4.29. The molecule has 0 unspecified atom stereocenters. The number of nitro groups is 1. The largest absolute Gasteiger partial charge is 0.493 e. The second kappa shape index (κ2) is 8.34. The van der Waals surface area contributed by atoms with Gasteiger partial charge in [-0.15, -0.1) is 0 Å². The zero-order valence-corrected chi connectivity index (χ0v) is 11.6. The van der Waals surface area contributed by atoms with E-state index in [4.69, 9.17) is 9.47 Å². The molecule has 0 N–H and O–H groups in total. The fraction of sp³-hybridized carbons (Fsp3) is 0.571. The van der Waals surface area contributed by atoms with Gasteiger partial charge in [0.05, 0.1) is 18.1 Å². The monoisotopic (exact) mass is 267 g/mol. The first kappa shape index (κ1) is 15.3. The Morgan fingerprint density at radius 3 is 2.32 bits per heavy atom. The smallest absolute Gasteiger partial charge is 0.311 e. The molecule has 0 radical (unpaired) electrons. The van der Waals surface area contributed by atoms with E-state index in [1.165, 1.54) is 6.07 Å². The summed E-state index contributed by atoms with van der Waals surface area (Å²) < 4.78 is 11.0. The third kappa shape index (κ3) is 5.16. The van der Waals surface area contributed by atoms with Crippen molar-refractivity contribution in [1.29, 1.82) is 0 Å². The van der Waals surface area contributed by atoms with Gasteiger partial charge in [0.25, 0.3) is 0 Å². The van der Waals surface area contributed by atoms with Gasteiger partial charge in [0.1, 0.15) is 5.75 Å². The quantitative estimate of drug-likeness (QED) is 0.386. The van der Waals surface area contributed by atoms with E-state index in [0.717, 1.165) is 25.7 Å². The Balaban J connectivity index is 2.75. The molecule has 1 aromatic rings. The van der Waals surface area contributed by atoms with Crippen LogP contribution in [0.3, 0.4) is 0 Å². The van der Waals surface area contributed by atoms with Crippen LogP contribution in [0.2, 0.25) is 0 Å². The van der Waals surface area contributed by atoms with Crippen LogP contribution in [0.5, 0.6) is 11.5 Å². The van der Waals surface area contributed by atoms with Gasteiger partial charge < -0.3 is 9.47 Å². The fourth-order valence-electron chi connectivity index (χ4n) is 1.51. The Morgan fingerprint density at radius 1 is 1.11 bits per heavy atom. The van der Waals surface area contributed by atoms with Crippen molar-refractivity contribution in [3.8, 4) is 11.5 Å². The van der Waals surface area contributed by atoms with Crippen molar-refractivity contribution in [3.63, 3.8) is 0 Å². The van der Waals surface area contributed by atoms with Gasteiger partial charge in [0.2, 0.25) is 5.75 Å². The fourth-order valence-corrected chi connectivity index (χ4v) is 1.51.